The molecule has 0 radical (unpaired) electrons. The molecule has 7 rings (SSSR count). The summed E-state index contributed by atoms with van der Waals surface area (Å²) >= 11 is 7.30. The van der Waals surface area contributed by atoms with Crippen molar-refractivity contribution in [3.05, 3.63) is 141 Å². The summed E-state index contributed by atoms with van der Waals surface area (Å²) in [4.78, 5) is 105. The number of carbonyl (C=O) groups is 8. The van der Waals surface area contributed by atoms with Crippen molar-refractivity contribution in [2.24, 2.45) is 35.1 Å². The number of fused-ring (bicyclic) bond motifs is 1. The molecule has 1 aliphatic heterocycles. The molecular weight excluding hydrogens is 1200 g/mol. The van der Waals surface area contributed by atoms with Crippen LogP contribution in [0.25, 0.3) is 10.2 Å². The van der Waals surface area contributed by atoms with E-state index in [1.807, 2.05) is 87.8 Å². The molecule has 476 valence electrons. The van der Waals surface area contributed by atoms with Gasteiger partial charge >= 0.3 is 36.2 Å². The van der Waals surface area contributed by atoms with Crippen LogP contribution in [0.2, 0.25) is 5.02 Å². The lowest BCUT2D eigenvalue weighted by atomic mass is 10.1. The number of nitrogens with two attached hydrogens (primary N) is 6. The van der Waals surface area contributed by atoms with Gasteiger partial charge in [0.05, 0.1) is 38.5 Å². The average molecular weight is 1270 g/mol. The molecule has 0 saturated carbocycles. The predicted octanol–water partition coefficient (Wildman–Crippen LogP) is 0.0833. The third kappa shape index (κ3) is 29.4. The van der Waals surface area contributed by atoms with Crippen molar-refractivity contribution in [2.45, 2.75) is 39.7 Å². The van der Waals surface area contributed by atoms with Gasteiger partial charge < -0.3 is 9.47 Å². The number of aromatic nitrogens is 2. The molecule has 6 aromatic rings. The summed E-state index contributed by atoms with van der Waals surface area (Å²) in [6.45, 7) is 7.30. The highest BCUT2D eigenvalue weighted by atomic mass is 35.5. The Bertz CT molecular complexity index is 3170. The van der Waals surface area contributed by atoms with Gasteiger partial charge in [0, 0.05) is 31.4 Å². The summed E-state index contributed by atoms with van der Waals surface area (Å²) in [5, 5.41) is 13.1. The summed E-state index contributed by atoms with van der Waals surface area (Å²) in [5.41, 5.74) is 40.1. The fraction of sp³-hybridized carbons (Fsp3) is 0.191. The molecule has 1 aliphatic rings. The number of nitro groups is 1. The molecule has 1 fully saturated rings. The highest BCUT2D eigenvalue weighted by Crippen LogP contribution is 2.25. The van der Waals surface area contributed by atoms with E-state index in [2.05, 4.69) is 64.2 Å². The van der Waals surface area contributed by atoms with Crippen LogP contribution in [0, 0.1) is 24.0 Å². The van der Waals surface area contributed by atoms with Gasteiger partial charge in [-0.15, -0.1) is 0 Å². The number of ether oxygens (including phenoxy) is 2. The van der Waals surface area contributed by atoms with Crippen LogP contribution < -0.4 is 137 Å². The zero-order chi connectivity index (χ0) is 65.4. The quantitative estimate of drug-likeness (QED) is 0.0315. The molecule has 3 heterocycles. The number of anilines is 3. The Kier molecular flexibility index (Phi) is 34.0. The first-order valence-electron chi connectivity index (χ1n) is 24.9. The molecular formula is C47H68ClN27O12S. The number of thiazole rings is 1. The van der Waals surface area contributed by atoms with E-state index in [0.717, 1.165) is 47.3 Å². The number of halogens is 1. The first kappa shape index (κ1) is 73.0. The monoisotopic (exact) mass is 1270 g/mol. The number of methoxy groups -OCH3 is 1. The van der Waals surface area contributed by atoms with Gasteiger partial charge in [-0.3, -0.25) is 90.2 Å². The third-order valence-corrected chi connectivity index (χ3v) is 11.4. The van der Waals surface area contributed by atoms with Crippen molar-refractivity contribution < 1.29 is 52.8 Å². The Hall–Kier alpha value is -11.1. The van der Waals surface area contributed by atoms with Gasteiger partial charge in [0.2, 0.25) is 5.13 Å². The molecule has 14 amide bonds. The summed E-state index contributed by atoms with van der Waals surface area (Å²) in [6.07, 6.45) is 3.14. The van der Waals surface area contributed by atoms with Crippen LogP contribution in [0.5, 0.6) is 11.5 Å². The summed E-state index contributed by atoms with van der Waals surface area (Å²) < 4.78 is 11.5. The van der Waals surface area contributed by atoms with Crippen LogP contribution in [-0.4, -0.2) is 94.2 Å². The van der Waals surface area contributed by atoms with Gasteiger partial charge in [-0.05, 0) is 93.8 Å². The Morgan fingerprint density at radius 2 is 1.23 bits per heavy atom. The molecule has 4 aromatic carbocycles. The number of carbonyl (C=O) groups excluding carboxylic acids is 8. The normalized spacial score (nSPS) is 10.9. The van der Waals surface area contributed by atoms with E-state index in [-0.39, 0.29) is 22.3 Å². The predicted molar refractivity (Wildman–Crippen MR) is 323 cm³/mol. The number of rotatable bonds is 13. The van der Waals surface area contributed by atoms with Crippen LogP contribution in [0.4, 0.5) is 51.1 Å². The SMILES string of the molecule is COc1ccc(C(=O)NNC(=O)NN)c(Cl)c1.Cc1ccc(OC(C)C(=O)NNC(=O)NN)c(C)c1.NNC(=O)NN1CCCC1.NNC(=O)NNc1cccc([N+](=O)[O-])c1.NNC(=O)NNc1ccccn1.NNC(=O)NNc1nc2ccccc2s1. The fourth-order valence-electron chi connectivity index (χ4n) is 5.99. The molecule has 88 heavy (non-hydrogen) atoms. The number of hydrazine groups is 12. The number of urea groups is 6. The van der Waals surface area contributed by atoms with Crippen LogP contribution >= 0.6 is 22.9 Å². The van der Waals surface area contributed by atoms with Crippen LogP contribution in [0.3, 0.4) is 0 Å². The molecule has 29 N–H and O–H groups in total. The van der Waals surface area contributed by atoms with Gasteiger partial charge in [-0.2, -0.15) is 0 Å². The molecule has 1 saturated heterocycles. The van der Waals surface area contributed by atoms with E-state index in [9.17, 15) is 48.5 Å². The minimum absolute atomic E-state index is 0.0741. The number of non-ortho nitro benzene ring substituents is 1. The van der Waals surface area contributed by atoms with Gasteiger partial charge in [-0.25, -0.2) is 101 Å². The molecule has 39 nitrogen and oxygen atoms in total. The van der Waals surface area contributed by atoms with E-state index in [1.165, 1.54) is 48.8 Å². The number of pyridine rings is 1. The molecule has 1 atom stereocenters. The number of para-hydroxylation sites is 1. The second kappa shape index (κ2) is 41.0. The zero-order valence-electron chi connectivity index (χ0n) is 47.2. The van der Waals surface area contributed by atoms with Crippen molar-refractivity contribution in [2.75, 3.05) is 36.5 Å². The molecule has 1 unspecified atom stereocenters. The minimum atomic E-state index is -0.750. The first-order chi connectivity index (χ1) is 42.1. The van der Waals surface area contributed by atoms with E-state index in [4.69, 9.17) is 56.1 Å². The first-order valence-corrected chi connectivity index (χ1v) is 26.1. The number of hydrogen-bond donors (Lipinski definition) is 23. The topological polar surface area (TPSA) is 588 Å². The molecule has 2 aromatic heterocycles. The fourth-order valence-corrected chi connectivity index (χ4v) is 7.06. The second-order valence-corrected chi connectivity index (χ2v) is 17.9. The maximum absolute atomic E-state index is 11.6. The van der Waals surface area contributed by atoms with Crippen molar-refractivity contribution >= 4 is 103 Å². The average Bonchev–Trinajstić information content (AvgIpc) is 4.33. The lowest BCUT2D eigenvalue weighted by Crippen LogP contribution is -2.52. The van der Waals surface area contributed by atoms with Crippen molar-refractivity contribution in [3.8, 4) is 11.5 Å². The Morgan fingerprint density at radius 3 is 1.78 bits per heavy atom. The number of nitrogens with one attached hydrogen (secondary N) is 17. The molecule has 0 aliphatic carbocycles. The third-order valence-electron chi connectivity index (χ3n) is 10.1. The standard InChI is InChI=1S/C12H18N4O3.C9H11ClN4O3.C8H9N5OS.C7H9N5O3.C6H9N5O.C5H12N4O/c1-7-4-5-10(8(2)6-7)19-9(3)11(17)15-16-12(18)14-13;1-17-5-2-3-6(7(10)4-5)8(15)13-14-9(16)12-11;9-11-7(14)12-13-8-10-5-3-1-2-4-6(5)15-8;8-9-7(13)11-10-5-2-1-3-6(4-5)12(14)15;7-9-6(12)11-10-5-3-1-2-4-8-5;6-7-5(10)8-9-3-1-2-4-9/h4-6,9H,13H2,1-3H3,(H,15,17)(H2,14,16,18);2-4H,11H2,1H3,(H,13,15)(H2,12,14,16);1-4H,9H2,(H,10,13)(H2,11,12,14);1-4,10H,8H2,(H2,9,11,13);1-4H,7H2,(H,8,10)(H2,9,11,12);1-4,6H2,(H2,7,8,10). The maximum Gasteiger partial charge on any atom is 0.347 e. The number of benzene rings is 4. The summed E-state index contributed by atoms with van der Waals surface area (Å²) in [7, 11) is 1.48. The largest absolute Gasteiger partial charge is 0.497 e. The van der Waals surface area contributed by atoms with Gasteiger partial charge in [0.15, 0.2) is 6.10 Å². The Labute approximate surface area is 509 Å². The van der Waals surface area contributed by atoms with Crippen LogP contribution in [0.15, 0.2) is 109 Å². The number of nitrogens with zero attached hydrogens (tertiary/aromatic N) is 4. The number of aryl methyl sites for hydroxylation is 2. The van der Waals surface area contributed by atoms with Crippen molar-refractivity contribution in [1.82, 2.24) is 90.9 Å². The van der Waals surface area contributed by atoms with E-state index in [0.29, 0.717) is 28.1 Å². The Balaban J connectivity index is 0.000000364. The molecule has 0 bridgehead atoms. The molecule has 0 spiro atoms. The van der Waals surface area contributed by atoms with Crippen molar-refractivity contribution in [3.63, 3.8) is 0 Å². The Morgan fingerprint density at radius 1 is 0.648 bits per heavy atom. The lowest BCUT2D eigenvalue weighted by Gasteiger charge is -2.16. The smallest absolute Gasteiger partial charge is 0.347 e. The minimum Gasteiger partial charge on any atom is -0.497 e. The highest BCUT2D eigenvalue weighted by molar-refractivity contribution is 7.22. The van der Waals surface area contributed by atoms with Crippen LogP contribution in [0.1, 0.15) is 41.3 Å². The molecule has 41 heteroatoms. The van der Waals surface area contributed by atoms with Gasteiger partial charge in [0.1, 0.15) is 17.3 Å². The highest BCUT2D eigenvalue weighted by Gasteiger charge is 2.17. The summed E-state index contributed by atoms with van der Waals surface area (Å²) in [6, 6.07) is 25.3. The zero-order valence-corrected chi connectivity index (χ0v) is 48.8. The lowest BCUT2D eigenvalue weighted by molar-refractivity contribution is -0.384. The van der Waals surface area contributed by atoms with E-state index >= 15 is 0 Å². The van der Waals surface area contributed by atoms with Crippen molar-refractivity contribution in [1.29, 1.82) is 0 Å². The van der Waals surface area contributed by atoms with Crippen LogP contribution in [-0.2, 0) is 4.79 Å². The van der Waals surface area contributed by atoms with Gasteiger partial charge in [0.25, 0.3) is 17.5 Å². The number of hydrogen-bond acceptors (Lipinski definition) is 25. The van der Waals surface area contributed by atoms with Gasteiger partial charge in [-0.1, -0.05) is 64.9 Å². The van der Waals surface area contributed by atoms with E-state index < -0.39 is 53.0 Å². The maximum atomic E-state index is 11.6. The summed E-state index contributed by atoms with van der Waals surface area (Å²) in [5.74, 6) is 29.7. The number of nitro benzene ring substituents is 1. The van der Waals surface area contributed by atoms with E-state index in [1.54, 1.807) is 54.9 Å². The second-order valence-electron chi connectivity index (χ2n) is 16.5. The number of amides is 14.